The summed E-state index contributed by atoms with van der Waals surface area (Å²) in [6, 6.07) is 3.25. The second kappa shape index (κ2) is 4.83. The van der Waals surface area contributed by atoms with E-state index in [1.165, 1.54) is 4.52 Å². The summed E-state index contributed by atoms with van der Waals surface area (Å²) in [5.74, 6) is -0.906. The fourth-order valence-corrected chi connectivity index (χ4v) is 2.45. The molecule has 0 spiro atoms. The molecule has 6 heteroatoms. The molecule has 3 rings (SSSR count). The first-order chi connectivity index (χ1) is 10.3. The average Bonchev–Trinajstić information content (AvgIpc) is 2.88. The number of nitrogens with zero attached hydrogens (tertiary/aromatic N) is 4. The maximum atomic E-state index is 14.0. The first-order valence-corrected chi connectivity index (χ1v) is 6.96. The molecule has 1 aromatic carbocycles. The summed E-state index contributed by atoms with van der Waals surface area (Å²) in [5.41, 5.74) is 2.36. The normalized spacial score (nSPS) is 12.1. The first kappa shape index (κ1) is 14.6. The van der Waals surface area contributed by atoms with Crippen LogP contribution in [-0.4, -0.2) is 19.8 Å². The molecule has 0 amide bonds. The maximum absolute atomic E-state index is 14.0. The van der Waals surface area contributed by atoms with Crippen LogP contribution in [0.15, 0.2) is 24.4 Å². The fourth-order valence-electron chi connectivity index (χ4n) is 2.45. The van der Waals surface area contributed by atoms with Crippen LogP contribution in [0.25, 0.3) is 16.9 Å². The second-order valence-corrected chi connectivity index (χ2v) is 6.30. The molecule has 0 bridgehead atoms. The number of fused-ring (bicyclic) bond motifs is 1. The van der Waals surface area contributed by atoms with E-state index in [0.717, 1.165) is 29.3 Å². The summed E-state index contributed by atoms with van der Waals surface area (Å²) >= 11 is 0. The van der Waals surface area contributed by atoms with Gasteiger partial charge in [-0.15, -0.1) is 5.10 Å². The Hall–Kier alpha value is -2.37. The van der Waals surface area contributed by atoms with Crippen LogP contribution in [-0.2, 0) is 5.41 Å². The minimum absolute atomic E-state index is 0.0426. The highest BCUT2D eigenvalue weighted by molar-refractivity contribution is 5.66. The molecule has 0 saturated carbocycles. The quantitative estimate of drug-likeness (QED) is 0.689. The van der Waals surface area contributed by atoms with E-state index in [1.807, 2.05) is 6.92 Å². The fraction of sp³-hybridized carbons (Fsp3) is 0.312. The molecule has 2 aromatic heterocycles. The summed E-state index contributed by atoms with van der Waals surface area (Å²) in [6.07, 6.45) is 1.73. The Morgan fingerprint density at radius 1 is 1.09 bits per heavy atom. The largest absolute Gasteiger partial charge is 0.211 e. The Morgan fingerprint density at radius 2 is 1.82 bits per heavy atom. The van der Waals surface area contributed by atoms with E-state index in [0.29, 0.717) is 5.69 Å². The van der Waals surface area contributed by atoms with Gasteiger partial charge in [0.15, 0.2) is 5.82 Å². The maximum Gasteiger partial charge on any atom is 0.186 e. The van der Waals surface area contributed by atoms with Gasteiger partial charge in [-0.05, 0) is 30.5 Å². The molecule has 0 aliphatic rings. The van der Waals surface area contributed by atoms with Gasteiger partial charge in [-0.25, -0.2) is 13.3 Å². The van der Waals surface area contributed by atoms with E-state index in [4.69, 9.17) is 0 Å². The van der Waals surface area contributed by atoms with Gasteiger partial charge in [-0.3, -0.25) is 0 Å². The highest BCUT2D eigenvalue weighted by atomic mass is 19.1. The zero-order valence-electron chi connectivity index (χ0n) is 12.9. The van der Waals surface area contributed by atoms with Crippen molar-refractivity contribution in [1.29, 1.82) is 0 Å². The first-order valence-electron chi connectivity index (χ1n) is 6.96. The monoisotopic (exact) mass is 302 g/mol. The van der Waals surface area contributed by atoms with Gasteiger partial charge in [-0.1, -0.05) is 20.8 Å². The van der Waals surface area contributed by atoms with E-state index in [1.54, 1.807) is 6.20 Å². The smallest absolute Gasteiger partial charge is 0.186 e. The minimum atomic E-state index is -0.561. The Morgan fingerprint density at radius 3 is 2.50 bits per heavy atom. The van der Waals surface area contributed by atoms with Gasteiger partial charge >= 0.3 is 0 Å². The number of hydrogen-bond acceptors (Lipinski definition) is 3. The summed E-state index contributed by atoms with van der Waals surface area (Å²) < 4.78 is 29.0. The van der Waals surface area contributed by atoms with Gasteiger partial charge in [0.05, 0.1) is 23.0 Å². The standard InChI is InChI=1S/C16H16F2N4/c1-9-14-12(16(2,3)4)8-19-22(14)15(21-20-9)11-7-10(17)5-6-13(11)18/h5-8H,1-4H3. The molecule has 22 heavy (non-hydrogen) atoms. The van der Waals surface area contributed by atoms with Crippen LogP contribution >= 0.6 is 0 Å². The van der Waals surface area contributed by atoms with Crippen LogP contribution in [0.2, 0.25) is 0 Å². The van der Waals surface area contributed by atoms with Gasteiger partial charge in [0.2, 0.25) is 0 Å². The number of hydrogen-bond donors (Lipinski definition) is 0. The van der Waals surface area contributed by atoms with E-state index >= 15 is 0 Å². The molecule has 0 atom stereocenters. The van der Waals surface area contributed by atoms with E-state index < -0.39 is 11.6 Å². The molecule has 0 unspecified atom stereocenters. The van der Waals surface area contributed by atoms with Gasteiger partial charge in [0, 0.05) is 5.56 Å². The van der Waals surface area contributed by atoms with Crippen molar-refractivity contribution in [3.05, 3.63) is 47.3 Å². The number of aromatic nitrogens is 4. The van der Waals surface area contributed by atoms with E-state index in [2.05, 4.69) is 36.1 Å². The number of aryl methyl sites for hydroxylation is 1. The number of rotatable bonds is 1. The predicted molar refractivity (Wildman–Crippen MR) is 79.6 cm³/mol. The van der Waals surface area contributed by atoms with Gasteiger partial charge < -0.3 is 0 Å². The lowest BCUT2D eigenvalue weighted by Gasteiger charge is -2.17. The highest BCUT2D eigenvalue weighted by Crippen LogP contribution is 2.30. The molecule has 0 N–H and O–H groups in total. The lowest BCUT2D eigenvalue weighted by atomic mass is 9.88. The van der Waals surface area contributed by atoms with Crippen LogP contribution in [0.1, 0.15) is 32.0 Å². The molecule has 2 heterocycles. The Bertz CT molecular complexity index is 862. The molecular weight excluding hydrogens is 286 g/mol. The van der Waals surface area contributed by atoms with Crippen LogP contribution in [0.3, 0.4) is 0 Å². The average molecular weight is 302 g/mol. The van der Waals surface area contributed by atoms with Crippen molar-refractivity contribution in [3.63, 3.8) is 0 Å². The summed E-state index contributed by atoms with van der Waals surface area (Å²) in [6.45, 7) is 8.01. The van der Waals surface area contributed by atoms with Crippen LogP contribution in [0, 0.1) is 18.6 Å². The number of benzene rings is 1. The zero-order chi connectivity index (χ0) is 16.1. The third-order valence-corrected chi connectivity index (χ3v) is 3.58. The Kier molecular flexibility index (Phi) is 3.20. The van der Waals surface area contributed by atoms with Crippen molar-refractivity contribution < 1.29 is 8.78 Å². The van der Waals surface area contributed by atoms with Crippen molar-refractivity contribution in [2.45, 2.75) is 33.1 Å². The molecule has 3 aromatic rings. The van der Waals surface area contributed by atoms with Crippen molar-refractivity contribution in [2.75, 3.05) is 0 Å². The zero-order valence-corrected chi connectivity index (χ0v) is 12.9. The van der Waals surface area contributed by atoms with Gasteiger partial charge in [-0.2, -0.15) is 10.2 Å². The lowest BCUT2D eigenvalue weighted by molar-refractivity contribution is 0.594. The molecule has 0 saturated heterocycles. The molecule has 114 valence electrons. The van der Waals surface area contributed by atoms with E-state index in [9.17, 15) is 8.78 Å². The van der Waals surface area contributed by atoms with Crippen LogP contribution in [0.4, 0.5) is 8.78 Å². The number of halogens is 2. The molecule has 0 aliphatic carbocycles. The molecule has 0 radical (unpaired) electrons. The summed E-state index contributed by atoms with van der Waals surface area (Å²) in [5, 5.41) is 12.4. The summed E-state index contributed by atoms with van der Waals surface area (Å²) in [7, 11) is 0. The van der Waals surface area contributed by atoms with Crippen molar-refractivity contribution >= 4 is 5.52 Å². The minimum Gasteiger partial charge on any atom is -0.211 e. The van der Waals surface area contributed by atoms with Gasteiger partial charge in [0.1, 0.15) is 11.6 Å². The third-order valence-electron chi connectivity index (χ3n) is 3.58. The third kappa shape index (κ3) is 2.24. The second-order valence-electron chi connectivity index (χ2n) is 6.30. The van der Waals surface area contributed by atoms with Crippen LogP contribution in [0.5, 0.6) is 0 Å². The molecular formula is C16H16F2N4. The van der Waals surface area contributed by atoms with Crippen molar-refractivity contribution in [1.82, 2.24) is 19.8 Å². The van der Waals surface area contributed by atoms with Gasteiger partial charge in [0.25, 0.3) is 0 Å². The Labute approximate surface area is 126 Å². The molecule has 0 fully saturated rings. The topological polar surface area (TPSA) is 43.1 Å². The molecule has 0 aliphatic heterocycles. The summed E-state index contributed by atoms with van der Waals surface area (Å²) in [4.78, 5) is 0. The van der Waals surface area contributed by atoms with Crippen LogP contribution < -0.4 is 0 Å². The van der Waals surface area contributed by atoms with Crippen molar-refractivity contribution in [2.24, 2.45) is 0 Å². The SMILES string of the molecule is Cc1nnc(-c2cc(F)ccc2F)n2ncc(C(C)(C)C)c12. The molecule has 4 nitrogen and oxygen atoms in total. The Balaban J connectivity index is 2.36. The van der Waals surface area contributed by atoms with Crippen molar-refractivity contribution in [3.8, 4) is 11.4 Å². The lowest BCUT2D eigenvalue weighted by Crippen LogP contribution is -2.12. The predicted octanol–water partition coefficient (Wildman–Crippen LogP) is 3.68. The highest BCUT2D eigenvalue weighted by Gasteiger charge is 2.23. The van der Waals surface area contributed by atoms with E-state index in [-0.39, 0.29) is 16.8 Å².